The number of hydrogen-bond donors (Lipinski definition) is 0. The molecule has 0 aliphatic carbocycles. The van der Waals surface area contributed by atoms with E-state index in [2.05, 4.69) is 4.98 Å². The van der Waals surface area contributed by atoms with Crippen molar-refractivity contribution in [2.75, 3.05) is 38.3 Å². The van der Waals surface area contributed by atoms with E-state index < -0.39 is 0 Å². The Kier molecular flexibility index (Phi) is 7.61. The number of nitrogens with zero attached hydrogens (tertiary/aromatic N) is 3. The zero-order chi connectivity index (χ0) is 18.7. The molecule has 1 amide bonds. The van der Waals surface area contributed by atoms with E-state index in [0.29, 0.717) is 29.3 Å². The lowest BCUT2D eigenvalue weighted by Crippen LogP contribution is -2.36. The summed E-state index contributed by atoms with van der Waals surface area (Å²) in [6.45, 7) is 1.22. The summed E-state index contributed by atoms with van der Waals surface area (Å²) in [6, 6.07) is 12.1. The summed E-state index contributed by atoms with van der Waals surface area (Å²) in [4.78, 5) is 22.5. The SMILES string of the molecule is CSc1cccc(C(=O)N(CCN(C)C)c2nc3ccc(F)cc3s2)c1.Cl. The van der Waals surface area contributed by atoms with Crippen molar-refractivity contribution in [3.8, 4) is 0 Å². The maximum atomic E-state index is 13.5. The first-order valence-electron chi connectivity index (χ1n) is 8.14. The predicted molar refractivity (Wildman–Crippen MR) is 115 cm³/mol. The summed E-state index contributed by atoms with van der Waals surface area (Å²) in [7, 11) is 3.93. The van der Waals surface area contributed by atoms with Crippen LogP contribution in [0.2, 0.25) is 0 Å². The highest BCUT2D eigenvalue weighted by Crippen LogP contribution is 2.30. The second-order valence-corrected chi connectivity index (χ2v) is 7.99. The van der Waals surface area contributed by atoms with E-state index in [9.17, 15) is 9.18 Å². The third kappa shape index (κ3) is 5.19. The Morgan fingerprint density at radius 3 is 2.67 bits per heavy atom. The fourth-order valence-corrected chi connectivity index (χ4v) is 3.97. The van der Waals surface area contributed by atoms with Gasteiger partial charge in [-0.1, -0.05) is 17.4 Å². The minimum absolute atomic E-state index is 0. The van der Waals surface area contributed by atoms with Crippen LogP contribution in [0.4, 0.5) is 9.52 Å². The maximum Gasteiger partial charge on any atom is 0.260 e. The quantitative estimate of drug-likeness (QED) is 0.532. The Labute approximate surface area is 172 Å². The summed E-state index contributed by atoms with van der Waals surface area (Å²) in [6.07, 6.45) is 1.98. The lowest BCUT2D eigenvalue weighted by atomic mass is 10.2. The predicted octanol–water partition coefficient (Wildman–Crippen LogP) is 4.79. The van der Waals surface area contributed by atoms with Gasteiger partial charge in [-0.05, 0) is 56.7 Å². The first-order valence-corrected chi connectivity index (χ1v) is 10.2. The van der Waals surface area contributed by atoms with Crippen LogP contribution < -0.4 is 4.90 Å². The first kappa shape index (κ1) is 21.6. The van der Waals surface area contributed by atoms with Crippen molar-refractivity contribution in [2.45, 2.75) is 4.90 Å². The molecule has 0 N–H and O–H groups in total. The van der Waals surface area contributed by atoms with Gasteiger partial charge in [0.1, 0.15) is 5.82 Å². The lowest BCUT2D eigenvalue weighted by Gasteiger charge is -2.22. The molecule has 2 aromatic carbocycles. The Bertz CT molecular complexity index is 932. The van der Waals surface area contributed by atoms with Crippen LogP contribution in [0, 0.1) is 5.82 Å². The molecule has 144 valence electrons. The Morgan fingerprint density at radius 2 is 1.96 bits per heavy atom. The van der Waals surface area contributed by atoms with Gasteiger partial charge in [-0.25, -0.2) is 9.37 Å². The molecule has 0 saturated heterocycles. The van der Waals surface area contributed by atoms with Crippen LogP contribution >= 0.6 is 35.5 Å². The number of likely N-dealkylation sites (N-methyl/N-ethyl adjacent to an activating group) is 1. The van der Waals surface area contributed by atoms with Gasteiger partial charge < -0.3 is 4.90 Å². The molecular formula is C19H21ClFN3OS2. The van der Waals surface area contributed by atoms with E-state index in [0.717, 1.165) is 9.60 Å². The molecule has 4 nitrogen and oxygen atoms in total. The average molecular weight is 426 g/mol. The van der Waals surface area contributed by atoms with E-state index in [1.165, 1.54) is 23.5 Å². The molecular weight excluding hydrogens is 405 g/mol. The summed E-state index contributed by atoms with van der Waals surface area (Å²) < 4.78 is 14.2. The van der Waals surface area contributed by atoms with E-state index >= 15 is 0 Å². The van der Waals surface area contributed by atoms with Gasteiger partial charge in [-0.3, -0.25) is 9.69 Å². The number of thioether (sulfide) groups is 1. The molecule has 27 heavy (non-hydrogen) atoms. The Balaban J connectivity index is 0.00000261. The van der Waals surface area contributed by atoms with Crippen LogP contribution in [0.1, 0.15) is 10.4 Å². The summed E-state index contributed by atoms with van der Waals surface area (Å²) >= 11 is 2.93. The number of fused-ring (bicyclic) bond motifs is 1. The van der Waals surface area contributed by atoms with E-state index in [4.69, 9.17) is 0 Å². The van der Waals surface area contributed by atoms with Crippen LogP contribution in [0.15, 0.2) is 47.4 Å². The van der Waals surface area contributed by atoms with Gasteiger partial charge in [-0.15, -0.1) is 24.2 Å². The second kappa shape index (κ2) is 9.50. The van der Waals surface area contributed by atoms with Crippen molar-refractivity contribution in [3.05, 3.63) is 53.8 Å². The molecule has 1 heterocycles. The summed E-state index contributed by atoms with van der Waals surface area (Å²) in [5, 5.41) is 0.590. The fourth-order valence-electron chi connectivity index (χ4n) is 2.50. The van der Waals surface area contributed by atoms with Crippen molar-refractivity contribution >= 4 is 56.8 Å². The molecule has 0 unspecified atom stereocenters. The third-order valence-electron chi connectivity index (χ3n) is 3.90. The van der Waals surface area contributed by atoms with Gasteiger partial charge in [0.2, 0.25) is 0 Å². The molecule has 0 saturated carbocycles. The summed E-state index contributed by atoms with van der Waals surface area (Å²) in [5.41, 5.74) is 1.33. The van der Waals surface area contributed by atoms with Gasteiger partial charge in [0.05, 0.1) is 10.2 Å². The minimum atomic E-state index is -0.300. The Hall–Kier alpha value is -1.67. The highest BCUT2D eigenvalue weighted by Gasteiger charge is 2.21. The normalized spacial score (nSPS) is 10.9. The standard InChI is InChI=1S/C19H20FN3OS2.ClH/c1-22(2)9-10-23(18(24)13-5-4-6-15(11-13)25-3)19-21-16-8-7-14(20)12-17(16)26-19;/h4-8,11-12H,9-10H2,1-3H3;1H. The van der Waals surface area contributed by atoms with Gasteiger partial charge in [0, 0.05) is 23.5 Å². The fraction of sp³-hybridized carbons (Fsp3) is 0.263. The van der Waals surface area contributed by atoms with Gasteiger partial charge in [0.25, 0.3) is 5.91 Å². The van der Waals surface area contributed by atoms with Gasteiger partial charge in [0.15, 0.2) is 5.13 Å². The number of aromatic nitrogens is 1. The molecule has 0 radical (unpaired) electrons. The number of halogens is 2. The molecule has 8 heteroatoms. The van der Waals surface area contributed by atoms with E-state index in [1.807, 2.05) is 49.5 Å². The van der Waals surface area contributed by atoms with Gasteiger partial charge in [-0.2, -0.15) is 0 Å². The number of hydrogen-bond acceptors (Lipinski definition) is 5. The lowest BCUT2D eigenvalue weighted by molar-refractivity contribution is 0.0985. The number of carbonyl (C=O) groups excluding carboxylic acids is 1. The van der Waals surface area contributed by atoms with Gasteiger partial charge >= 0.3 is 0 Å². The highest BCUT2D eigenvalue weighted by atomic mass is 35.5. The smallest absolute Gasteiger partial charge is 0.260 e. The molecule has 0 bridgehead atoms. The van der Waals surface area contributed by atoms with Crippen LogP contribution in [0.3, 0.4) is 0 Å². The zero-order valence-corrected chi connectivity index (χ0v) is 17.8. The van der Waals surface area contributed by atoms with Crippen molar-refractivity contribution in [3.63, 3.8) is 0 Å². The zero-order valence-electron chi connectivity index (χ0n) is 15.3. The van der Waals surface area contributed by atoms with E-state index in [1.54, 1.807) is 22.7 Å². The average Bonchev–Trinajstić information content (AvgIpc) is 3.04. The number of benzene rings is 2. The first-order chi connectivity index (χ1) is 12.5. The Morgan fingerprint density at radius 1 is 1.19 bits per heavy atom. The molecule has 0 spiro atoms. The number of carbonyl (C=O) groups is 1. The van der Waals surface area contributed by atoms with Crippen LogP contribution in [-0.4, -0.2) is 49.2 Å². The second-order valence-electron chi connectivity index (χ2n) is 6.10. The van der Waals surface area contributed by atoms with Crippen LogP contribution in [0.25, 0.3) is 10.2 Å². The largest absolute Gasteiger partial charge is 0.308 e. The van der Waals surface area contributed by atoms with Crippen LogP contribution in [0.5, 0.6) is 0 Å². The molecule has 0 aliphatic heterocycles. The van der Waals surface area contributed by atoms with Crippen molar-refractivity contribution in [1.82, 2.24) is 9.88 Å². The monoisotopic (exact) mass is 425 g/mol. The molecule has 1 aromatic heterocycles. The molecule has 0 aliphatic rings. The summed E-state index contributed by atoms with van der Waals surface area (Å²) in [5.74, 6) is -0.395. The number of amides is 1. The molecule has 3 aromatic rings. The number of rotatable bonds is 6. The number of thiazole rings is 1. The van der Waals surface area contributed by atoms with E-state index in [-0.39, 0.29) is 24.1 Å². The van der Waals surface area contributed by atoms with Crippen LogP contribution in [-0.2, 0) is 0 Å². The molecule has 0 atom stereocenters. The molecule has 3 rings (SSSR count). The maximum absolute atomic E-state index is 13.5. The molecule has 0 fully saturated rings. The third-order valence-corrected chi connectivity index (χ3v) is 5.67. The van der Waals surface area contributed by atoms with Crippen molar-refractivity contribution in [2.24, 2.45) is 0 Å². The topological polar surface area (TPSA) is 36.4 Å². The van der Waals surface area contributed by atoms with Crippen molar-refractivity contribution < 1.29 is 9.18 Å². The minimum Gasteiger partial charge on any atom is -0.308 e. The number of anilines is 1. The highest BCUT2D eigenvalue weighted by molar-refractivity contribution is 7.98. The van der Waals surface area contributed by atoms with Crippen molar-refractivity contribution in [1.29, 1.82) is 0 Å².